The van der Waals surface area contributed by atoms with E-state index in [1.165, 1.54) is 12.1 Å². The Morgan fingerprint density at radius 3 is 2.28 bits per heavy atom. The van der Waals surface area contributed by atoms with E-state index >= 15 is 0 Å². The molecule has 1 unspecified atom stereocenters. The molecule has 1 heterocycles. The van der Waals surface area contributed by atoms with Gasteiger partial charge in [-0.05, 0) is 68.3 Å². The standard InChI is InChI=1S/C21H23ClN2O4S/c1-4-28-20(25)21(3)13-14(2)19(15-5-7-16(22)8-6-15)24(21)17-9-11-18(12-10-17)29(23,26)27/h5-12H,4,13H2,1-3H3,(H2,23,26,27). The van der Waals surface area contributed by atoms with E-state index in [1.807, 2.05) is 30.9 Å². The largest absolute Gasteiger partial charge is 0.464 e. The highest BCUT2D eigenvalue weighted by Gasteiger charge is 2.48. The van der Waals surface area contributed by atoms with Crippen LogP contribution in [-0.4, -0.2) is 26.5 Å². The van der Waals surface area contributed by atoms with Crippen LogP contribution in [0.2, 0.25) is 5.02 Å². The molecule has 2 aromatic rings. The van der Waals surface area contributed by atoms with Crippen LogP contribution in [0.1, 0.15) is 32.8 Å². The molecule has 0 aromatic heterocycles. The minimum Gasteiger partial charge on any atom is -0.464 e. The number of nitrogens with two attached hydrogens (primary N) is 1. The molecule has 1 aliphatic rings. The maximum atomic E-state index is 12.9. The Morgan fingerprint density at radius 2 is 1.76 bits per heavy atom. The Bertz CT molecular complexity index is 1060. The predicted molar refractivity (Wildman–Crippen MR) is 114 cm³/mol. The zero-order valence-corrected chi connectivity index (χ0v) is 18.0. The molecule has 2 aromatic carbocycles. The summed E-state index contributed by atoms with van der Waals surface area (Å²) in [5, 5.41) is 5.83. The van der Waals surface area contributed by atoms with Crippen LogP contribution in [0.5, 0.6) is 0 Å². The number of rotatable bonds is 5. The number of benzene rings is 2. The Labute approximate surface area is 176 Å². The van der Waals surface area contributed by atoms with Gasteiger partial charge >= 0.3 is 5.97 Å². The monoisotopic (exact) mass is 434 g/mol. The quantitative estimate of drug-likeness (QED) is 0.719. The average molecular weight is 435 g/mol. The summed E-state index contributed by atoms with van der Waals surface area (Å²) >= 11 is 6.04. The fraction of sp³-hybridized carbons (Fsp3) is 0.286. The Morgan fingerprint density at radius 1 is 1.17 bits per heavy atom. The topological polar surface area (TPSA) is 89.7 Å². The maximum Gasteiger partial charge on any atom is 0.332 e. The van der Waals surface area contributed by atoms with Crippen LogP contribution >= 0.6 is 11.6 Å². The second-order valence-electron chi connectivity index (χ2n) is 7.18. The minimum atomic E-state index is -3.81. The number of ether oxygens (including phenoxy) is 1. The Balaban J connectivity index is 2.16. The minimum absolute atomic E-state index is 0.00651. The first-order chi connectivity index (χ1) is 13.6. The van der Waals surface area contributed by atoms with Gasteiger partial charge in [-0.25, -0.2) is 18.4 Å². The van der Waals surface area contributed by atoms with Crippen molar-refractivity contribution >= 4 is 39.0 Å². The summed E-state index contributed by atoms with van der Waals surface area (Å²) in [4.78, 5) is 14.8. The molecular weight excluding hydrogens is 412 g/mol. The van der Waals surface area contributed by atoms with Crippen LogP contribution in [0.3, 0.4) is 0 Å². The normalized spacial score (nSPS) is 19.6. The van der Waals surface area contributed by atoms with E-state index in [2.05, 4.69) is 0 Å². The molecule has 0 fully saturated rings. The second-order valence-corrected chi connectivity index (χ2v) is 9.18. The number of sulfonamides is 1. The predicted octanol–water partition coefficient (Wildman–Crippen LogP) is 3.95. The third kappa shape index (κ3) is 4.03. The van der Waals surface area contributed by atoms with Crippen molar-refractivity contribution < 1.29 is 17.9 Å². The molecule has 3 rings (SSSR count). The van der Waals surface area contributed by atoms with E-state index in [-0.39, 0.29) is 17.5 Å². The molecule has 0 saturated heterocycles. The molecule has 0 aliphatic carbocycles. The first-order valence-corrected chi connectivity index (χ1v) is 11.1. The lowest BCUT2D eigenvalue weighted by Crippen LogP contribution is -2.49. The van der Waals surface area contributed by atoms with Crippen molar-refractivity contribution in [3.05, 3.63) is 64.7 Å². The van der Waals surface area contributed by atoms with Crippen molar-refractivity contribution in [2.75, 3.05) is 11.5 Å². The van der Waals surface area contributed by atoms with Gasteiger partial charge in [-0.2, -0.15) is 0 Å². The molecule has 1 atom stereocenters. The average Bonchev–Trinajstić information content (AvgIpc) is 2.93. The number of halogens is 1. The molecule has 1 aliphatic heterocycles. The summed E-state index contributed by atoms with van der Waals surface area (Å²) in [6, 6.07) is 13.5. The Hall–Kier alpha value is -2.35. The van der Waals surface area contributed by atoms with Crippen molar-refractivity contribution in [3.63, 3.8) is 0 Å². The van der Waals surface area contributed by atoms with E-state index in [0.717, 1.165) is 16.8 Å². The van der Waals surface area contributed by atoms with Crippen LogP contribution in [0.15, 0.2) is 59.0 Å². The summed E-state index contributed by atoms with van der Waals surface area (Å²) in [5.41, 5.74) is 2.46. The molecular formula is C21H23ClN2O4S. The highest BCUT2D eigenvalue weighted by atomic mass is 35.5. The molecule has 2 N–H and O–H groups in total. The van der Waals surface area contributed by atoms with Crippen molar-refractivity contribution in [2.24, 2.45) is 5.14 Å². The van der Waals surface area contributed by atoms with Crippen LogP contribution in [0.4, 0.5) is 5.69 Å². The van der Waals surface area contributed by atoms with Gasteiger partial charge in [0.25, 0.3) is 0 Å². The fourth-order valence-electron chi connectivity index (χ4n) is 3.75. The van der Waals surface area contributed by atoms with Crippen molar-refractivity contribution in [1.82, 2.24) is 0 Å². The summed E-state index contributed by atoms with van der Waals surface area (Å²) in [7, 11) is -3.81. The Kier molecular flexibility index (Phi) is 5.76. The molecule has 8 heteroatoms. The molecule has 154 valence electrons. The highest BCUT2D eigenvalue weighted by molar-refractivity contribution is 7.89. The molecule has 0 amide bonds. The second kappa shape index (κ2) is 7.82. The lowest BCUT2D eigenvalue weighted by Gasteiger charge is -2.37. The third-order valence-corrected chi connectivity index (χ3v) is 6.17. The lowest BCUT2D eigenvalue weighted by atomic mass is 9.95. The lowest BCUT2D eigenvalue weighted by molar-refractivity contribution is -0.148. The van der Waals surface area contributed by atoms with E-state index in [1.54, 1.807) is 31.2 Å². The van der Waals surface area contributed by atoms with E-state index < -0.39 is 15.6 Å². The summed E-state index contributed by atoms with van der Waals surface area (Å²) in [6.07, 6.45) is 0.473. The van der Waals surface area contributed by atoms with Gasteiger partial charge in [-0.1, -0.05) is 23.7 Å². The highest BCUT2D eigenvalue weighted by Crippen LogP contribution is 2.46. The van der Waals surface area contributed by atoms with Crippen LogP contribution in [0, 0.1) is 0 Å². The van der Waals surface area contributed by atoms with Crippen LogP contribution < -0.4 is 10.0 Å². The summed E-state index contributed by atoms with van der Waals surface area (Å²) in [5.74, 6) is -0.348. The van der Waals surface area contributed by atoms with Gasteiger partial charge in [0, 0.05) is 22.8 Å². The van der Waals surface area contributed by atoms with E-state index in [0.29, 0.717) is 17.1 Å². The summed E-state index contributed by atoms with van der Waals surface area (Å²) < 4.78 is 28.6. The van der Waals surface area contributed by atoms with Gasteiger partial charge in [0.1, 0.15) is 5.54 Å². The molecule has 0 saturated carbocycles. The number of hydrogen-bond donors (Lipinski definition) is 1. The van der Waals surface area contributed by atoms with Crippen LogP contribution in [-0.2, 0) is 19.6 Å². The van der Waals surface area contributed by atoms with Gasteiger partial charge in [0.05, 0.1) is 11.5 Å². The van der Waals surface area contributed by atoms with Gasteiger partial charge < -0.3 is 9.64 Å². The van der Waals surface area contributed by atoms with Gasteiger partial charge in [-0.3, -0.25) is 0 Å². The number of anilines is 1. The number of nitrogens with zero attached hydrogens (tertiary/aromatic N) is 1. The third-order valence-electron chi connectivity index (χ3n) is 4.99. The van der Waals surface area contributed by atoms with Crippen molar-refractivity contribution in [2.45, 2.75) is 37.6 Å². The molecule has 0 bridgehead atoms. The van der Waals surface area contributed by atoms with Crippen molar-refractivity contribution in [3.8, 4) is 0 Å². The SMILES string of the molecule is CCOC(=O)C1(C)CC(C)=C(c2ccc(Cl)cc2)N1c1ccc(S(N)(=O)=O)cc1. The fourth-order valence-corrected chi connectivity index (χ4v) is 4.39. The molecule has 0 radical (unpaired) electrons. The molecule has 29 heavy (non-hydrogen) atoms. The number of carbonyl (C=O) groups excluding carboxylic acids is 1. The van der Waals surface area contributed by atoms with E-state index in [9.17, 15) is 13.2 Å². The van der Waals surface area contributed by atoms with Gasteiger partial charge in [-0.15, -0.1) is 0 Å². The van der Waals surface area contributed by atoms with Gasteiger partial charge in [0.2, 0.25) is 10.0 Å². The number of esters is 1. The first-order valence-electron chi connectivity index (χ1n) is 9.14. The molecule has 0 spiro atoms. The smallest absolute Gasteiger partial charge is 0.332 e. The summed E-state index contributed by atoms with van der Waals surface area (Å²) in [6.45, 7) is 5.83. The zero-order chi connectivity index (χ0) is 21.4. The van der Waals surface area contributed by atoms with Gasteiger partial charge in [0.15, 0.2) is 0 Å². The van der Waals surface area contributed by atoms with Crippen molar-refractivity contribution in [1.29, 1.82) is 0 Å². The molecule has 6 nitrogen and oxygen atoms in total. The van der Waals surface area contributed by atoms with E-state index in [4.69, 9.17) is 21.5 Å². The number of carbonyl (C=O) groups is 1. The first kappa shape index (κ1) is 21.4. The number of hydrogen-bond acceptors (Lipinski definition) is 5. The zero-order valence-electron chi connectivity index (χ0n) is 16.5. The number of primary sulfonamides is 1. The van der Waals surface area contributed by atoms with Crippen LogP contribution in [0.25, 0.3) is 5.70 Å². The maximum absolute atomic E-state index is 12.9.